The van der Waals surface area contributed by atoms with Gasteiger partial charge in [-0.05, 0) is 6.07 Å². The van der Waals surface area contributed by atoms with Crippen LogP contribution in [0, 0.1) is 0 Å². The van der Waals surface area contributed by atoms with Crippen LogP contribution in [0.4, 0.5) is 5.69 Å². The number of rotatable bonds is 7. The molecule has 12 nitrogen and oxygen atoms in total. The number of halogens is 1. The third-order valence-electron chi connectivity index (χ3n) is 4.23. The molecule has 4 N–H and O–H groups in total. The van der Waals surface area contributed by atoms with Crippen LogP contribution >= 0.6 is 11.6 Å². The van der Waals surface area contributed by atoms with Crippen molar-refractivity contribution in [2.75, 3.05) is 4.72 Å². The average Bonchev–Trinajstić information content (AvgIpc) is 3.42. The van der Waals surface area contributed by atoms with Crippen LogP contribution in [0.3, 0.4) is 0 Å². The Kier molecular flexibility index (Phi) is 4.99. The number of anilines is 1. The number of para-hydroxylation sites is 1. The maximum absolute atomic E-state index is 12.8. The van der Waals surface area contributed by atoms with Crippen molar-refractivity contribution in [3.63, 3.8) is 0 Å². The summed E-state index contributed by atoms with van der Waals surface area (Å²) in [6.45, 7) is -0.313. The van der Waals surface area contributed by atoms with Crippen LogP contribution in [0.2, 0.25) is 5.02 Å². The number of aromatic nitrogens is 5. The quantitative estimate of drug-likeness (QED) is 0.347. The summed E-state index contributed by atoms with van der Waals surface area (Å²) in [5.41, 5.74) is 5.75. The number of aromatic amines is 1. The minimum atomic E-state index is -4.24. The number of carbonyl (C=O) groups excluding carboxylic acids is 1. The molecule has 162 valence electrons. The van der Waals surface area contributed by atoms with E-state index in [1.807, 2.05) is 0 Å². The smallest absolute Gasteiger partial charge is 0.286 e. The SMILES string of the molecule is NC(=O)Cn1cc(S(=O)(=O)n2cc(S(=O)(=O)Nc3cccc4c(Cl)c[nH]c34)cn2)cn1. The molecule has 0 aliphatic carbocycles. The maximum Gasteiger partial charge on any atom is 0.286 e. The van der Waals surface area contributed by atoms with Crippen LogP contribution in [0.25, 0.3) is 10.9 Å². The first-order valence-corrected chi connectivity index (χ1v) is 11.8. The number of carbonyl (C=O) groups is 1. The molecule has 0 bridgehead atoms. The molecule has 0 saturated heterocycles. The minimum Gasteiger partial charge on any atom is -0.368 e. The fourth-order valence-electron chi connectivity index (χ4n) is 2.80. The summed E-state index contributed by atoms with van der Waals surface area (Å²) in [5.74, 6) is -0.705. The third-order valence-corrected chi connectivity index (χ3v) is 7.36. The normalized spacial score (nSPS) is 12.3. The Labute approximate surface area is 180 Å². The van der Waals surface area contributed by atoms with Gasteiger partial charge in [0.25, 0.3) is 20.0 Å². The van der Waals surface area contributed by atoms with Crippen molar-refractivity contribution in [3.8, 4) is 0 Å². The van der Waals surface area contributed by atoms with Crippen LogP contribution < -0.4 is 10.5 Å². The zero-order valence-electron chi connectivity index (χ0n) is 15.4. The second-order valence-corrected chi connectivity index (χ2v) is 10.2. The van der Waals surface area contributed by atoms with Crippen molar-refractivity contribution in [1.29, 1.82) is 0 Å². The zero-order chi connectivity index (χ0) is 22.4. The Hall–Kier alpha value is -3.36. The minimum absolute atomic E-state index is 0.229. The van der Waals surface area contributed by atoms with Gasteiger partial charge in [-0.2, -0.15) is 22.7 Å². The number of nitrogens with two attached hydrogens (primary N) is 1. The van der Waals surface area contributed by atoms with Crippen LogP contribution in [0.1, 0.15) is 0 Å². The molecule has 0 unspecified atom stereocenters. The lowest BCUT2D eigenvalue weighted by Gasteiger charge is -2.07. The van der Waals surface area contributed by atoms with Crippen molar-refractivity contribution < 1.29 is 21.6 Å². The van der Waals surface area contributed by atoms with E-state index in [-0.39, 0.29) is 22.0 Å². The average molecular weight is 484 g/mol. The molecule has 4 rings (SSSR count). The molecule has 0 radical (unpaired) electrons. The highest BCUT2D eigenvalue weighted by atomic mass is 35.5. The highest BCUT2D eigenvalue weighted by Crippen LogP contribution is 2.29. The predicted octanol–water partition coefficient (Wildman–Crippen LogP) is 0.737. The van der Waals surface area contributed by atoms with Gasteiger partial charge in [-0.3, -0.25) is 14.2 Å². The van der Waals surface area contributed by atoms with Crippen molar-refractivity contribution >= 4 is 54.1 Å². The Morgan fingerprint density at radius 1 is 1.13 bits per heavy atom. The van der Waals surface area contributed by atoms with Gasteiger partial charge in [-0.1, -0.05) is 23.7 Å². The zero-order valence-corrected chi connectivity index (χ0v) is 17.8. The van der Waals surface area contributed by atoms with Gasteiger partial charge in [0, 0.05) is 17.8 Å². The second-order valence-electron chi connectivity index (χ2n) is 6.36. The van der Waals surface area contributed by atoms with E-state index in [0.717, 1.165) is 29.5 Å². The van der Waals surface area contributed by atoms with Crippen molar-refractivity contribution in [2.24, 2.45) is 5.73 Å². The molecule has 0 aliphatic heterocycles. The van der Waals surface area contributed by atoms with E-state index in [1.165, 1.54) is 12.3 Å². The number of sulfonamides is 1. The van der Waals surface area contributed by atoms with Gasteiger partial charge >= 0.3 is 0 Å². The largest absolute Gasteiger partial charge is 0.368 e. The summed E-state index contributed by atoms with van der Waals surface area (Å²) >= 11 is 6.05. The molecule has 3 aromatic heterocycles. The van der Waals surface area contributed by atoms with Gasteiger partial charge < -0.3 is 10.7 Å². The number of benzene rings is 1. The monoisotopic (exact) mass is 483 g/mol. The summed E-state index contributed by atoms with van der Waals surface area (Å²) < 4.78 is 54.9. The summed E-state index contributed by atoms with van der Waals surface area (Å²) in [4.78, 5) is 13.2. The van der Waals surface area contributed by atoms with Gasteiger partial charge in [-0.15, -0.1) is 0 Å². The number of nitrogens with zero attached hydrogens (tertiary/aromatic N) is 4. The summed E-state index contributed by atoms with van der Waals surface area (Å²) in [6, 6.07) is 4.87. The topological polar surface area (TPSA) is 175 Å². The number of primary amides is 1. The van der Waals surface area contributed by atoms with E-state index in [0.29, 0.717) is 20.0 Å². The first-order chi connectivity index (χ1) is 14.6. The van der Waals surface area contributed by atoms with Gasteiger partial charge in [0.2, 0.25) is 5.91 Å². The number of amides is 1. The van der Waals surface area contributed by atoms with Gasteiger partial charge in [0.15, 0.2) is 0 Å². The number of hydrogen-bond donors (Lipinski definition) is 3. The standard InChI is InChI=1S/C16H14ClN7O5S2/c17-13-6-19-16-12(13)2-1-3-14(16)22-30(26,27)10-4-21-24(8-10)31(28,29)11-5-20-23(7-11)9-15(18)25/h1-8,19,22H,9H2,(H2,18,25). The molecule has 1 amide bonds. The predicted molar refractivity (Wildman–Crippen MR) is 110 cm³/mol. The number of H-pyrrole nitrogens is 1. The molecule has 0 fully saturated rings. The number of fused-ring (bicyclic) bond motifs is 1. The lowest BCUT2D eigenvalue weighted by atomic mass is 10.2. The highest BCUT2D eigenvalue weighted by molar-refractivity contribution is 7.93. The van der Waals surface area contributed by atoms with Crippen molar-refractivity contribution in [1.82, 2.24) is 24.0 Å². The Morgan fingerprint density at radius 3 is 2.61 bits per heavy atom. The van der Waals surface area contributed by atoms with Crippen molar-refractivity contribution in [2.45, 2.75) is 16.3 Å². The molecule has 4 aromatic rings. The first-order valence-electron chi connectivity index (χ1n) is 8.47. The summed E-state index contributed by atoms with van der Waals surface area (Å²) in [6.07, 6.45) is 5.36. The fraction of sp³-hybridized carbons (Fsp3) is 0.0625. The first kappa shape index (κ1) is 20.9. The molecule has 0 atom stereocenters. The van der Waals surface area contributed by atoms with Gasteiger partial charge in [-0.25, -0.2) is 8.42 Å². The highest BCUT2D eigenvalue weighted by Gasteiger charge is 2.25. The molecular weight excluding hydrogens is 470 g/mol. The lowest BCUT2D eigenvalue weighted by Crippen LogP contribution is -2.19. The maximum atomic E-state index is 12.8. The Bertz CT molecular complexity index is 1520. The van der Waals surface area contributed by atoms with E-state index in [2.05, 4.69) is 19.9 Å². The van der Waals surface area contributed by atoms with Crippen LogP contribution in [0.5, 0.6) is 0 Å². The van der Waals surface area contributed by atoms with E-state index in [1.54, 1.807) is 12.1 Å². The Balaban J connectivity index is 1.64. The lowest BCUT2D eigenvalue weighted by molar-refractivity contribution is -0.118. The van der Waals surface area contributed by atoms with Gasteiger partial charge in [0.05, 0.1) is 34.8 Å². The molecule has 1 aromatic carbocycles. The van der Waals surface area contributed by atoms with Crippen molar-refractivity contribution in [3.05, 3.63) is 54.2 Å². The second kappa shape index (κ2) is 7.40. The number of nitrogens with one attached hydrogen (secondary N) is 2. The molecule has 15 heteroatoms. The number of hydrogen-bond acceptors (Lipinski definition) is 7. The molecule has 0 spiro atoms. The molecule has 3 heterocycles. The summed E-state index contributed by atoms with van der Waals surface area (Å²) in [7, 11) is -8.41. The van der Waals surface area contributed by atoms with E-state index in [4.69, 9.17) is 17.3 Å². The van der Waals surface area contributed by atoms with E-state index < -0.39 is 26.0 Å². The van der Waals surface area contributed by atoms with E-state index in [9.17, 15) is 21.6 Å². The Morgan fingerprint density at radius 2 is 1.87 bits per heavy atom. The van der Waals surface area contributed by atoms with Crippen LogP contribution in [0.15, 0.2) is 59.0 Å². The molecule has 31 heavy (non-hydrogen) atoms. The molecule has 0 saturated carbocycles. The van der Waals surface area contributed by atoms with Gasteiger partial charge in [0.1, 0.15) is 16.3 Å². The third kappa shape index (κ3) is 3.87. The van der Waals surface area contributed by atoms with E-state index >= 15 is 0 Å². The van der Waals surface area contributed by atoms with Crippen LogP contribution in [-0.2, 0) is 31.4 Å². The fourth-order valence-corrected chi connectivity index (χ4v) is 5.16. The summed E-state index contributed by atoms with van der Waals surface area (Å²) in [5, 5.41) is 8.44. The van der Waals surface area contributed by atoms with Crippen LogP contribution in [-0.4, -0.2) is 46.7 Å². The molecule has 0 aliphatic rings. The molecular formula is C16H14ClN7O5S2.